The number of rotatable bonds is 7. The molecule has 1 amide bonds. The van der Waals surface area contributed by atoms with Crippen LogP contribution < -0.4 is 10.1 Å². The van der Waals surface area contributed by atoms with Gasteiger partial charge in [-0.1, -0.05) is 23.5 Å². The largest absolute Gasteiger partial charge is 0.497 e. The zero-order valence-electron chi connectivity index (χ0n) is 15.1. The third-order valence-corrected chi connectivity index (χ3v) is 7.02. The van der Waals surface area contributed by atoms with E-state index >= 15 is 0 Å². The number of aromatic nitrogens is 1. The van der Waals surface area contributed by atoms with E-state index in [-0.39, 0.29) is 32.3 Å². The fraction of sp³-hybridized carbons (Fsp3) is 0.111. The molecule has 9 nitrogen and oxygen atoms in total. The minimum Gasteiger partial charge on any atom is -0.497 e. The Balaban J connectivity index is 1.70. The van der Waals surface area contributed by atoms with Crippen LogP contribution in [-0.2, 0) is 21.1 Å². The van der Waals surface area contributed by atoms with Crippen LogP contribution in [-0.4, -0.2) is 31.3 Å². The second-order valence-electron chi connectivity index (χ2n) is 5.81. The molecule has 3 aromatic rings. The highest BCUT2D eigenvalue weighted by Crippen LogP contribution is 2.29. The molecule has 1 heterocycles. The molecular weight excluding hydrogens is 418 g/mol. The number of carbonyl (C=O) groups is 1. The summed E-state index contributed by atoms with van der Waals surface area (Å²) in [5.41, 5.74) is 0.554. The molecule has 29 heavy (non-hydrogen) atoms. The molecule has 0 aliphatic heterocycles. The molecule has 0 fully saturated rings. The Morgan fingerprint density at radius 1 is 1.17 bits per heavy atom. The van der Waals surface area contributed by atoms with Crippen molar-refractivity contribution in [3.63, 3.8) is 0 Å². The summed E-state index contributed by atoms with van der Waals surface area (Å²) in [5.74, 6) is 0.332. The van der Waals surface area contributed by atoms with E-state index in [9.17, 15) is 23.3 Å². The van der Waals surface area contributed by atoms with Crippen LogP contribution in [0.25, 0.3) is 0 Å². The summed E-state index contributed by atoms with van der Waals surface area (Å²) >= 11 is 0.805. The Morgan fingerprint density at radius 2 is 1.83 bits per heavy atom. The van der Waals surface area contributed by atoms with Gasteiger partial charge in [-0.05, 0) is 29.8 Å². The molecular formula is C18H15N3O6S2. The number of ether oxygens (including phenoxy) is 1. The number of carbonyl (C=O) groups excluding carboxylic acids is 1. The summed E-state index contributed by atoms with van der Waals surface area (Å²) in [7, 11) is -2.35. The Hall–Kier alpha value is -3.31. The zero-order chi connectivity index (χ0) is 21.0. The highest BCUT2D eigenvalue weighted by Gasteiger charge is 2.22. The van der Waals surface area contributed by atoms with Gasteiger partial charge >= 0.3 is 0 Å². The number of non-ortho nitro benzene ring substituents is 1. The van der Waals surface area contributed by atoms with Crippen molar-refractivity contribution in [2.45, 2.75) is 15.5 Å². The van der Waals surface area contributed by atoms with Gasteiger partial charge in [0.15, 0.2) is 5.13 Å². The first-order valence-corrected chi connectivity index (χ1v) is 10.5. The topological polar surface area (TPSA) is 128 Å². The van der Waals surface area contributed by atoms with Crippen molar-refractivity contribution < 1.29 is 22.9 Å². The Kier molecular flexibility index (Phi) is 5.89. The van der Waals surface area contributed by atoms with Crippen molar-refractivity contribution in [3.8, 4) is 5.75 Å². The Morgan fingerprint density at radius 3 is 2.41 bits per heavy atom. The Bertz CT molecular complexity index is 1140. The van der Waals surface area contributed by atoms with Gasteiger partial charge < -0.3 is 10.1 Å². The molecule has 0 bridgehead atoms. The van der Waals surface area contributed by atoms with E-state index in [1.165, 1.54) is 0 Å². The van der Waals surface area contributed by atoms with E-state index in [0.29, 0.717) is 5.75 Å². The maximum absolute atomic E-state index is 12.6. The van der Waals surface area contributed by atoms with Crippen LogP contribution in [0.1, 0.15) is 5.56 Å². The predicted octanol–water partition coefficient (Wildman–Crippen LogP) is 3.07. The van der Waals surface area contributed by atoms with Gasteiger partial charge in [0, 0.05) is 12.1 Å². The molecule has 0 saturated heterocycles. The third-order valence-electron chi connectivity index (χ3n) is 3.88. The van der Waals surface area contributed by atoms with E-state index < -0.39 is 14.8 Å². The monoisotopic (exact) mass is 433 g/mol. The number of nitrogens with zero attached hydrogens (tertiary/aromatic N) is 2. The number of amides is 1. The second kappa shape index (κ2) is 8.37. The smallest absolute Gasteiger partial charge is 0.269 e. The van der Waals surface area contributed by atoms with Gasteiger partial charge in [0.05, 0.1) is 29.5 Å². The highest BCUT2D eigenvalue weighted by molar-refractivity contribution is 7.93. The lowest BCUT2D eigenvalue weighted by Crippen LogP contribution is -2.14. The average molecular weight is 433 g/mol. The first-order valence-electron chi connectivity index (χ1n) is 8.18. The lowest BCUT2D eigenvalue weighted by atomic mass is 10.1. The third kappa shape index (κ3) is 4.76. The van der Waals surface area contributed by atoms with Crippen LogP contribution >= 0.6 is 11.3 Å². The quantitative estimate of drug-likeness (QED) is 0.448. The van der Waals surface area contributed by atoms with Gasteiger partial charge in [-0.2, -0.15) is 0 Å². The fourth-order valence-corrected chi connectivity index (χ4v) is 4.85. The number of nitro benzene ring substituents is 1. The van der Waals surface area contributed by atoms with Gasteiger partial charge in [0.1, 0.15) is 9.96 Å². The number of anilines is 1. The number of thiazole rings is 1. The maximum Gasteiger partial charge on any atom is 0.269 e. The van der Waals surface area contributed by atoms with Crippen molar-refractivity contribution in [1.82, 2.24) is 4.98 Å². The molecule has 1 N–H and O–H groups in total. The highest BCUT2D eigenvalue weighted by atomic mass is 32.2. The molecule has 0 atom stereocenters. The molecule has 0 unspecified atom stereocenters. The molecule has 0 spiro atoms. The van der Waals surface area contributed by atoms with Crippen molar-refractivity contribution in [1.29, 1.82) is 0 Å². The first-order chi connectivity index (χ1) is 13.8. The SMILES string of the molecule is COc1ccc(CC(=O)Nc2ncc(S(=O)(=O)c3ccc([N+](=O)[O-])cc3)s2)cc1. The lowest BCUT2D eigenvalue weighted by Gasteiger charge is -2.04. The van der Waals surface area contributed by atoms with Gasteiger partial charge in [0.2, 0.25) is 15.7 Å². The van der Waals surface area contributed by atoms with Crippen LogP contribution in [0.4, 0.5) is 10.8 Å². The van der Waals surface area contributed by atoms with Crippen LogP contribution in [0, 0.1) is 10.1 Å². The number of nitro groups is 1. The van der Waals surface area contributed by atoms with E-state index in [4.69, 9.17) is 4.74 Å². The molecule has 11 heteroatoms. The number of hydrogen-bond acceptors (Lipinski definition) is 8. The van der Waals surface area contributed by atoms with Crippen LogP contribution in [0.2, 0.25) is 0 Å². The molecule has 3 rings (SSSR count). The van der Waals surface area contributed by atoms with Crippen LogP contribution in [0.15, 0.2) is 63.8 Å². The predicted molar refractivity (Wildman–Crippen MR) is 106 cm³/mol. The number of benzene rings is 2. The Labute approximate surface area is 170 Å². The lowest BCUT2D eigenvalue weighted by molar-refractivity contribution is -0.384. The standard InChI is InChI=1S/C18H15N3O6S2/c1-27-14-6-2-12(3-7-14)10-16(22)20-18-19-11-17(28-18)29(25,26)15-8-4-13(5-9-15)21(23)24/h2-9,11H,10H2,1H3,(H,19,20,22). The molecule has 2 aromatic carbocycles. The van der Waals surface area contributed by atoms with Crippen molar-refractivity contribution in [2.75, 3.05) is 12.4 Å². The number of methoxy groups -OCH3 is 1. The van der Waals surface area contributed by atoms with Crippen molar-refractivity contribution >= 4 is 37.9 Å². The molecule has 0 saturated carbocycles. The minimum absolute atomic E-state index is 0.0777. The maximum atomic E-state index is 12.6. The van der Waals surface area contributed by atoms with E-state index in [0.717, 1.165) is 47.4 Å². The van der Waals surface area contributed by atoms with Crippen LogP contribution in [0.5, 0.6) is 5.75 Å². The van der Waals surface area contributed by atoms with Gasteiger partial charge in [-0.15, -0.1) is 0 Å². The zero-order valence-corrected chi connectivity index (χ0v) is 16.7. The summed E-state index contributed by atoms with van der Waals surface area (Å²) < 4.78 is 30.3. The van der Waals surface area contributed by atoms with Crippen molar-refractivity contribution in [2.24, 2.45) is 0 Å². The first kappa shape index (κ1) is 20.4. The van der Waals surface area contributed by atoms with E-state index in [2.05, 4.69) is 10.3 Å². The normalized spacial score (nSPS) is 11.1. The molecule has 150 valence electrons. The van der Waals surface area contributed by atoms with E-state index in [1.54, 1.807) is 31.4 Å². The number of hydrogen-bond donors (Lipinski definition) is 1. The number of sulfone groups is 1. The summed E-state index contributed by atoms with van der Waals surface area (Å²) in [5, 5.41) is 13.4. The summed E-state index contributed by atoms with van der Waals surface area (Å²) in [6, 6.07) is 11.5. The van der Waals surface area contributed by atoms with Gasteiger partial charge in [-0.25, -0.2) is 13.4 Å². The molecule has 0 radical (unpaired) electrons. The average Bonchev–Trinajstić information content (AvgIpc) is 3.17. The summed E-state index contributed by atoms with van der Waals surface area (Å²) in [6.07, 6.45) is 1.23. The van der Waals surface area contributed by atoms with Gasteiger partial charge in [0.25, 0.3) is 5.69 Å². The number of nitrogens with one attached hydrogen (secondary N) is 1. The minimum atomic E-state index is -3.89. The summed E-state index contributed by atoms with van der Waals surface area (Å²) in [6.45, 7) is 0. The van der Waals surface area contributed by atoms with Crippen LogP contribution in [0.3, 0.4) is 0 Å². The second-order valence-corrected chi connectivity index (χ2v) is 9.02. The molecule has 0 aliphatic rings. The van der Waals surface area contributed by atoms with Gasteiger partial charge in [-0.3, -0.25) is 14.9 Å². The fourth-order valence-electron chi connectivity index (χ4n) is 2.40. The van der Waals surface area contributed by atoms with E-state index in [1.807, 2.05) is 0 Å². The van der Waals surface area contributed by atoms with Crippen molar-refractivity contribution in [3.05, 3.63) is 70.4 Å². The molecule has 1 aromatic heterocycles. The molecule has 0 aliphatic carbocycles. The summed E-state index contributed by atoms with van der Waals surface area (Å²) in [4.78, 5) is 26.1.